The van der Waals surface area contributed by atoms with Gasteiger partial charge >= 0.3 is 12.0 Å². The zero-order valence-corrected chi connectivity index (χ0v) is 30.4. The Morgan fingerprint density at radius 3 is 2.00 bits per heavy atom. The first-order chi connectivity index (χ1) is 21.2. The minimum absolute atomic E-state index is 0.178. The van der Waals surface area contributed by atoms with Gasteiger partial charge in [0.05, 0.1) is 34.4 Å². The molecule has 0 atom stereocenters. The highest BCUT2D eigenvalue weighted by Gasteiger charge is 2.07. The fourth-order valence-electron chi connectivity index (χ4n) is 2.77. The second kappa shape index (κ2) is 32.7. The molecule has 252 valence electrons. The third-order valence-corrected chi connectivity index (χ3v) is 6.85. The normalized spacial score (nSPS) is 9.48. The van der Waals surface area contributed by atoms with Gasteiger partial charge in [0.25, 0.3) is 0 Å². The lowest BCUT2D eigenvalue weighted by atomic mass is 10.2. The molecule has 11 heteroatoms. The van der Waals surface area contributed by atoms with Crippen molar-refractivity contribution in [1.82, 2.24) is 15.5 Å². The summed E-state index contributed by atoms with van der Waals surface area (Å²) in [5.41, 5.74) is 0.953. The molecule has 0 spiro atoms. The number of hydrogen-bond donors (Lipinski definition) is 2. The molecule has 0 radical (unpaired) electrons. The number of ether oxygens (including phenoxy) is 3. The summed E-state index contributed by atoms with van der Waals surface area (Å²) in [6.45, 7) is 16.2. The molecule has 0 aliphatic heterocycles. The molecule has 2 aromatic rings. The summed E-state index contributed by atoms with van der Waals surface area (Å²) in [6.07, 6.45) is 8.81. The molecule has 0 bridgehead atoms. The molecular formula is C33H57N3O6S2. The number of unbranched alkanes of at least 4 members (excludes halogenated alkanes) is 1. The molecule has 0 saturated carbocycles. The van der Waals surface area contributed by atoms with Gasteiger partial charge in [0.15, 0.2) is 11.5 Å². The van der Waals surface area contributed by atoms with Crippen LogP contribution >= 0.6 is 23.1 Å². The van der Waals surface area contributed by atoms with E-state index in [9.17, 15) is 14.4 Å². The number of urea groups is 1. The van der Waals surface area contributed by atoms with Crippen molar-refractivity contribution < 1.29 is 28.6 Å². The van der Waals surface area contributed by atoms with Crippen molar-refractivity contribution in [3.05, 3.63) is 57.1 Å². The van der Waals surface area contributed by atoms with Crippen LogP contribution in [0.4, 0.5) is 4.79 Å². The third-order valence-electron chi connectivity index (χ3n) is 5.17. The number of benzene rings is 1. The van der Waals surface area contributed by atoms with Crippen molar-refractivity contribution in [2.24, 2.45) is 0 Å². The standard InChI is InChI=1S/C12H18N2O3.C12H17NOS2.C4H10.C3H6O2.C2H6/c1-4-13-12(15)14-8-9-5-6-10(16-2)11(7-9)17-3;1-3-5-11(15-2)8-13(10-14)9-12-6-4-7-16-12;1-3-4-2;1-3(4)5-2;1-2/h5-7H,4,8H2,1-3H3,(H2,13,14,15);4-7,10H,3,8-9H2,1-2H3;3-4H2,1-2H3;1-2H3;1-2H3/b;11-5-;;;. The SMILES string of the molecule is CC.CC/C=C(/CN(C=O)Cc1cccs1)SC.CCCC.CCNC(=O)NCc1ccc(OC)c(OC)c1.COC(C)=O. The van der Waals surface area contributed by atoms with Crippen LogP contribution in [0.3, 0.4) is 0 Å². The number of nitrogens with zero attached hydrogens (tertiary/aromatic N) is 1. The minimum Gasteiger partial charge on any atom is -0.493 e. The van der Waals surface area contributed by atoms with Crippen LogP contribution in [0.5, 0.6) is 11.5 Å². The molecule has 44 heavy (non-hydrogen) atoms. The second-order valence-electron chi connectivity index (χ2n) is 8.47. The Hall–Kier alpha value is -3.18. The Morgan fingerprint density at radius 1 is 0.977 bits per heavy atom. The predicted octanol–water partition coefficient (Wildman–Crippen LogP) is 7.90. The first-order valence-electron chi connectivity index (χ1n) is 14.9. The van der Waals surface area contributed by atoms with Crippen LogP contribution in [0.25, 0.3) is 0 Å². The molecule has 2 N–H and O–H groups in total. The molecule has 0 aliphatic carbocycles. The van der Waals surface area contributed by atoms with Crippen molar-refractivity contribution in [3.8, 4) is 11.5 Å². The van der Waals surface area contributed by atoms with Crippen LogP contribution in [-0.4, -0.2) is 64.0 Å². The van der Waals surface area contributed by atoms with Gasteiger partial charge in [0.2, 0.25) is 6.41 Å². The topological polar surface area (TPSA) is 106 Å². The highest BCUT2D eigenvalue weighted by Crippen LogP contribution is 2.27. The van der Waals surface area contributed by atoms with Crippen LogP contribution in [-0.2, 0) is 27.4 Å². The molecule has 9 nitrogen and oxygen atoms in total. The summed E-state index contributed by atoms with van der Waals surface area (Å²) in [7, 11) is 4.52. The molecule has 1 aromatic heterocycles. The van der Waals surface area contributed by atoms with E-state index < -0.39 is 0 Å². The number of carbonyl (C=O) groups is 3. The minimum atomic E-state index is -0.245. The Bertz CT molecular complexity index is 999. The number of methoxy groups -OCH3 is 3. The third kappa shape index (κ3) is 25.3. The quantitative estimate of drug-likeness (QED) is 0.167. The molecule has 2 rings (SSSR count). The first-order valence-corrected chi connectivity index (χ1v) is 17.0. The van der Waals surface area contributed by atoms with E-state index in [1.807, 2.05) is 55.3 Å². The molecule has 3 amide bonds. The van der Waals surface area contributed by atoms with Crippen LogP contribution in [0.15, 0.2) is 46.7 Å². The van der Waals surface area contributed by atoms with Gasteiger partial charge in [-0.25, -0.2) is 4.79 Å². The lowest BCUT2D eigenvalue weighted by Gasteiger charge is -2.17. The summed E-state index contributed by atoms with van der Waals surface area (Å²) in [4.78, 5) is 36.1. The summed E-state index contributed by atoms with van der Waals surface area (Å²) in [6, 6.07) is 9.43. The van der Waals surface area contributed by atoms with E-state index in [-0.39, 0.29) is 12.0 Å². The monoisotopic (exact) mass is 655 g/mol. The lowest BCUT2D eigenvalue weighted by molar-refractivity contribution is -0.137. The van der Waals surface area contributed by atoms with E-state index in [1.165, 1.54) is 36.7 Å². The molecule has 1 heterocycles. The van der Waals surface area contributed by atoms with Gasteiger partial charge in [0, 0.05) is 24.9 Å². The lowest BCUT2D eigenvalue weighted by Crippen LogP contribution is -2.34. The Kier molecular flexibility index (Phi) is 33.7. The van der Waals surface area contributed by atoms with Gasteiger partial charge in [-0.2, -0.15) is 0 Å². The van der Waals surface area contributed by atoms with E-state index in [1.54, 1.807) is 37.3 Å². The van der Waals surface area contributed by atoms with Gasteiger partial charge in [-0.1, -0.05) is 65.7 Å². The first kappa shape index (κ1) is 45.3. The predicted molar refractivity (Wildman–Crippen MR) is 188 cm³/mol. The maximum atomic E-state index is 11.2. The maximum absolute atomic E-state index is 11.2. The Balaban J connectivity index is -0.000000575. The van der Waals surface area contributed by atoms with Crippen LogP contribution in [0.2, 0.25) is 0 Å². The summed E-state index contributed by atoms with van der Waals surface area (Å²) in [5.74, 6) is 1.09. The fourth-order valence-corrected chi connectivity index (χ4v) is 4.13. The summed E-state index contributed by atoms with van der Waals surface area (Å²) < 4.78 is 14.4. The smallest absolute Gasteiger partial charge is 0.315 e. The van der Waals surface area contributed by atoms with E-state index in [2.05, 4.69) is 54.5 Å². The Morgan fingerprint density at radius 2 is 1.59 bits per heavy atom. The number of thioether (sulfide) groups is 1. The zero-order chi connectivity index (χ0) is 34.2. The number of amides is 3. The number of hydrogen-bond acceptors (Lipinski definition) is 8. The molecular weight excluding hydrogens is 599 g/mol. The van der Waals surface area contributed by atoms with Gasteiger partial charge in [-0.05, 0) is 53.6 Å². The van der Waals surface area contributed by atoms with Crippen molar-refractivity contribution in [2.45, 2.75) is 80.8 Å². The largest absolute Gasteiger partial charge is 0.493 e. The van der Waals surface area contributed by atoms with Crippen LogP contribution in [0, 0.1) is 0 Å². The highest BCUT2D eigenvalue weighted by atomic mass is 32.2. The molecule has 1 aromatic carbocycles. The zero-order valence-electron chi connectivity index (χ0n) is 28.8. The van der Waals surface area contributed by atoms with Crippen molar-refractivity contribution in [2.75, 3.05) is 40.7 Å². The number of thiophene rings is 1. The van der Waals surface area contributed by atoms with Gasteiger partial charge < -0.3 is 29.7 Å². The highest BCUT2D eigenvalue weighted by molar-refractivity contribution is 8.02. The molecule has 0 aliphatic rings. The van der Waals surface area contributed by atoms with Crippen molar-refractivity contribution in [3.63, 3.8) is 0 Å². The number of carbonyl (C=O) groups excluding carboxylic acids is 3. The molecule has 0 unspecified atom stereocenters. The maximum Gasteiger partial charge on any atom is 0.315 e. The van der Waals surface area contributed by atoms with Crippen LogP contribution in [0.1, 0.15) is 78.2 Å². The van der Waals surface area contributed by atoms with Crippen LogP contribution < -0.4 is 20.1 Å². The van der Waals surface area contributed by atoms with Crippen molar-refractivity contribution in [1.29, 1.82) is 0 Å². The van der Waals surface area contributed by atoms with Gasteiger partial charge in [-0.3, -0.25) is 9.59 Å². The Labute approximate surface area is 275 Å². The van der Waals surface area contributed by atoms with E-state index in [0.29, 0.717) is 31.1 Å². The van der Waals surface area contributed by atoms with Crippen molar-refractivity contribution >= 4 is 41.5 Å². The van der Waals surface area contributed by atoms with E-state index >= 15 is 0 Å². The van der Waals surface area contributed by atoms with E-state index in [0.717, 1.165) is 24.9 Å². The fraction of sp³-hybridized carbons (Fsp3) is 0.545. The van der Waals surface area contributed by atoms with Gasteiger partial charge in [-0.15, -0.1) is 23.1 Å². The second-order valence-corrected chi connectivity index (χ2v) is 10.4. The average Bonchev–Trinajstić information content (AvgIpc) is 3.57. The number of esters is 1. The molecule has 0 fully saturated rings. The summed E-state index contributed by atoms with van der Waals surface area (Å²) in [5, 5.41) is 7.44. The number of nitrogens with one attached hydrogen (secondary N) is 2. The molecule has 0 saturated heterocycles. The number of rotatable bonds is 13. The average molecular weight is 656 g/mol. The number of allylic oxidation sites excluding steroid dienone is 1. The summed E-state index contributed by atoms with van der Waals surface area (Å²) >= 11 is 3.40. The van der Waals surface area contributed by atoms with E-state index in [4.69, 9.17) is 9.47 Å². The van der Waals surface area contributed by atoms with Gasteiger partial charge in [0.1, 0.15) is 0 Å².